The highest BCUT2D eigenvalue weighted by molar-refractivity contribution is 5.25. The number of hydrogen-bond acceptors (Lipinski definition) is 3. The molecule has 3 nitrogen and oxygen atoms in total. The standard InChI is InChI=1S/C15H23F3N2O/c1-3-13(19)14(12-6-4-11(2)5-7-12)20(8-9-21)10-15(16,17)18/h4-7,13-14,21H,3,8-10,19H2,1-2H3. The molecule has 0 heterocycles. The third-order valence-electron chi connectivity index (χ3n) is 3.46. The number of nitrogens with zero attached hydrogens (tertiary/aromatic N) is 1. The summed E-state index contributed by atoms with van der Waals surface area (Å²) < 4.78 is 38.3. The Labute approximate surface area is 123 Å². The summed E-state index contributed by atoms with van der Waals surface area (Å²) in [7, 11) is 0. The second kappa shape index (κ2) is 7.77. The summed E-state index contributed by atoms with van der Waals surface area (Å²) in [6.45, 7) is 2.27. The normalized spacial score (nSPS) is 15.2. The summed E-state index contributed by atoms with van der Waals surface area (Å²) in [6, 6.07) is 6.32. The van der Waals surface area contributed by atoms with Crippen LogP contribution in [0, 0.1) is 6.92 Å². The molecule has 2 unspecified atom stereocenters. The van der Waals surface area contributed by atoms with Gasteiger partial charge in [0.15, 0.2) is 0 Å². The van der Waals surface area contributed by atoms with Gasteiger partial charge in [0.2, 0.25) is 0 Å². The Hall–Kier alpha value is -1.11. The summed E-state index contributed by atoms with van der Waals surface area (Å²) in [4.78, 5) is 1.21. The first kappa shape index (κ1) is 17.9. The van der Waals surface area contributed by atoms with Crippen LogP contribution in [-0.4, -0.2) is 41.9 Å². The third kappa shape index (κ3) is 5.65. The second-order valence-corrected chi connectivity index (χ2v) is 5.24. The van der Waals surface area contributed by atoms with E-state index < -0.39 is 24.8 Å². The predicted octanol–water partition coefficient (Wildman–Crippen LogP) is 2.63. The van der Waals surface area contributed by atoms with Crippen molar-refractivity contribution >= 4 is 0 Å². The highest BCUT2D eigenvalue weighted by atomic mass is 19.4. The zero-order chi connectivity index (χ0) is 16.0. The lowest BCUT2D eigenvalue weighted by atomic mass is 9.95. The highest BCUT2D eigenvalue weighted by Crippen LogP contribution is 2.29. The zero-order valence-electron chi connectivity index (χ0n) is 12.4. The first-order chi connectivity index (χ1) is 9.78. The molecule has 0 radical (unpaired) electrons. The Balaban J connectivity index is 3.10. The van der Waals surface area contributed by atoms with Crippen molar-refractivity contribution in [3.05, 3.63) is 35.4 Å². The summed E-state index contributed by atoms with van der Waals surface area (Å²) in [5, 5.41) is 9.08. The first-order valence-electron chi connectivity index (χ1n) is 7.02. The molecule has 0 aromatic heterocycles. The minimum atomic E-state index is -4.33. The van der Waals surface area contributed by atoms with E-state index in [2.05, 4.69) is 0 Å². The lowest BCUT2D eigenvalue weighted by Gasteiger charge is -2.35. The molecule has 0 aliphatic carbocycles. The number of benzene rings is 1. The minimum Gasteiger partial charge on any atom is -0.395 e. The third-order valence-corrected chi connectivity index (χ3v) is 3.46. The fraction of sp³-hybridized carbons (Fsp3) is 0.600. The molecule has 21 heavy (non-hydrogen) atoms. The maximum absolute atomic E-state index is 12.8. The van der Waals surface area contributed by atoms with Gasteiger partial charge in [0.25, 0.3) is 0 Å². The molecular weight excluding hydrogens is 281 g/mol. The summed E-state index contributed by atoms with van der Waals surface area (Å²) in [6.07, 6.45) is -3.77. The van der Waals surface area contributed by atoms with E-state index in [-0.39, 0.29) is 13.2 Å². The lowest BCUT2D eigenvalue weighted by Crippen LogP contribution is -2.46. The largest absolute Gasteiger partial charge is 0.401 e. The molecule has 0 amide bonds. The number of aryl methyl sites for hydroxylation is 1. The average Bonchev–Trinajstić information content (AvgIpc) is 2.39. The molecule has 0 fully saturated rings. The summed E-state index contributed by atoms with van der Waals surface area (Å²) >= 11 is 0. The van der Waals surface area contributed by atoms with E-state index in [0.717, 1.165) is 11.1 Å². The summed E-state index contributed by atoms with van der Waals surface area (Å²) in [5.41, 5.74) is 7.82. The Bertz CT molecular complexity index is 420. The van der Waals surface area contributed by atoms with Crippen LogP contribution < -0.4 is 5.73 Å². The molecule has 1 aromatic rings. The van der Waals surface area contributed by atoms with Gasteiger partial charge < -0.3 is 10.8 Å². The maximum Gasteiger partial charge on any atom is 0.401 e. The van der Waals surface area contributed by atoms with E-state index in [0.29, 0.717) is 6.42 Å². The van der Waals surface area contributed by atoms with E-state index in [9.17, 15) is 13.2 Å². The van der Waals surface area contributed by atoms with Crippen LogP contribution in [-0.2, 0) is 0 Å². The van der Waals surface area contributed by atoms with E-state index in [1.54, 1.807) is 12.1 Å². The van der Waals surface area contributed by atoms with Gasteiger partial charge in [-0.3, -0.25) is 4.90 Å². The van der Waals surface area contributed by atoms with Crippen molar-refractivity contribution in [2.45, 2.75) is 38.5 Å². The zero-order valence-corrected chi connectivity index (χ0v) is 12.4. The molecule has 3 N–H and O–H groups in total. The van der Waals surface area contributed by atoms with Crippen molar-refractivity contribution in [1.29, 1.82) is 0 Å². The van der Waals surface area contributed by atoms with Crippen molar-refractivity contribution in [3.8, 4) is 0 Å². The van der Waals surface area contributed by atoms with Crippen molar-refractivity contribution in [2.75, 3.05) is 19.7 Å². The maximum atomic E-state index is 12.8. The van der Waals surface area contributed by atoms with Gasteiger partial charge >= 0.3 is 6.18 Å². The van der Waals surface area contributed by atoms with Gasteiger partial charge in [-0.05, 0) is 18.9 Å². The van der Waals surface area contributed by atoms with Crippen LogP contribution in [0.25, 0.3) is 0 Å². The molecular formula is C15H23F3N2O. The van der Waals surface area contributed by atoms with Gasteiger partial charge in [0, 0.05) is 12.6 Å². The molecule has 0 aliphatic rings. The summed E-state index contributed by atoms with van der Waals surface area (Å²) in [5.74, 6) is 0. The molecule has 0 saturated heterocycles. The topological polar surface area (TPSA) is 49.5 Å². The molecule has 0 aliphatic heterocycles. The van der Waals surface area contributed by atoms with Crippen LogP contribution in [0.1, 0.15) is 30.5 Å². The fourth-order valence-electron chi connectivity index (χ4n) is 2.39. The molecule has 120 valence electrons. The van der Waals surface area contributed by atoms with Crippen LogP contribution in [0.3, 0.4) is 0 Å². The number of alkyl halides is 3. The number of hydrogen-bond donors (Lipinski definition) is 2. The van der Waals surface area contributed by atoms with Crippen LogP contribution in [0.4, 0.5) is 13.2 Å². The lowest BCUT2D eigenvalue weighted by molar-refractivity contribution is -0.153. The van der Waals surface area contributed by atoms with Crippen LogP contribution in [0.2, 0.25) is 0 Å². The van der Waals surface area contributed by atoms with E-state index in [4.69, 9.17) is 10.8 Å². The van der Waals surface area contributed by atoms with E-state index in [1.165, 1.54) is 4.90 Å². The van der Waals surface area contributed by atoms with Crippen molar-refractivity contribution in [3.63, 3.8) is 0 Å². The van der Waals surface area contributed by atoms with Crippen molar-refractivity contribution < 1.29 is 18.3 Å². The Morgan fingerprint density at radius 2 is 1.81 bits per heavy atom. The Morgan fingerprint density at radius 3 is 2.24 bits per heavy atom. The molecule has 1 rings (SSSR count). The number of aliphatic hydroxyl groups is 1. The van der Waals surface area contributed by atoms with Gasteiger partial charge in [0.05, 0.1) is 19.2 Å². The highest BCUT2D eigenvalue weighted by Gasteiger charge is 2.35. The fourth-order valence-corrected chi connectivity index (χ4v) is 2.39. The van der Waals surface area contributed by atoms with Gasteiger partial charge in [0.1, 0.15) is 0 Å². The number of halogens is 3. The minimum absolute atomic E-state index is 0.0637. The first-order valence-corrected chi connectivity index (χ1v) is 7.02. The molecule has 1 aromatic carbocycles. The van der Waals surface area contributed by atoms with Crippen LogP contribution in [0.15, 0.2) is 24.3 Å². The Morgan fingerprint density at radius 1 is 1.24 bits per heavy atom. The quantitative estimate of drug-likeness (QED) is 0.814. The van der Waals surface area contributed by atoms with E-state index >= 15 is 0 Å². The Kier molecular flexibility index (Phi) is 6.64. The van der Waals surface area contributed by atoms with E-state index in [1.807, 2.05) is 26.0 Å². The molecule has 0 spiro atoms. The van der Waals surface area contributed by atoms with Gasteiger partial charge in [-0.2, -0.15) is 13.2 Å². The monoisotopic (exact) mass is 304 g/mol. The number of nitrogens with two attached hydrogens (primary N) is 1. The second-order valence-electron chi connectivity index (χ2n) is 5.24. The van der Waals surface area contributed by atoms with Gasteiger partial charge in [-0.1, -0.05) is 36.8 Å². The van der Waals surface area contributed by atoms with Crippen molar-refractivity contribution in [1.82, 2.24) is 4.90 Å². The van der Waals surface area contributed by atoms with Gasteiger partial charge in [-0.25, -0.2) is 0 Å². The predicted molar refractivity (Wildman–Crippen MR) is 76.9 cm³/mol. The number of rotatable bonds is 7. The SMILES string of the molecule is CCC(N)C(c1ccc(C)cc1)N(CCO)CC(F)(F)F. The molecule has 6 heteroatoms. The van der Waals surface area contributed by atoms with Crippen molar-refractivity contribution in [2.24, 2.45) is 5.73 Å². The molecule has 0 bridgehead atoms. The smallest absolute Gasteiger partial charge is 0.395 e. The van der Waals surface area contributed by atoms with Gasteiger partial charge in [-0.15, -0.1) is 0 Å². The average molecular weight is 304 g/mol. The van der Waals surface area contributed by atoms with Crippen LogP contribution in [0.5, 0.6) is 0 Å². The van der Waals surface area contributed by atoms with Crippen LogP contribution >= 0.6 is 0 Å². The molecule has 2 atom stereocenters. The molecule has 0 saturated carbocycles. The number of aliphatic hydroxyl groups excluding tert-OH is 1.